The predicted molar refractivity (Wildman–Crippen MR) is 97.1 cm³/mol. The second-order valence-electron chi connectivity index (χ2n) is 6.29. The molecule has 0 radical (unpaired) electrons. The lowest BCUT2D eigenvalue weighted by molar-refractivity contribution is 0.00200. The quantitative estimate of drug-likeness (QED) is 0.673. The van der Waals surface area contributed by atoms with Gasteiger partial charge in [0.2, 0.25) is 6.23 Å². The Morgan fingerprint density at radius 2 is 2.16 bits per heavy atom. The van der Waals surface area contributed by atoms with Crippen molar-refractivity contribution in [3.8, 4) is 11.5 Å². The monoisotopic (exact) mass is 398 g/mol. The van der Waals surface area contributed by atoms with Gasteiger partial charge in [-0.1, -0.05) is 15.9 Å². The summed E-state index contributed by atoms with van der Waals surface area (Å²) in [6, 6.07) is 11.5. The number of halogens is 1. The zero-order valence-corrected chi connectivity index (χ0v) is 15.1. The second-order valence-corrected chi connectivity index (χ2v) is 7.20. The van der Waals surface area contributed by atoms with Crippen LogP contribution in [0.3, 0.4) is 0 Å². The van der Waals surface area contributed by atoms with Crippen LogP contribution in [-0.4, -0.2) is 29.4 Å². The average Bonchev–Trinajstić information content (AvgIpc) is 3.00. The van der Waals surface area contributed by atoms with E-state index in [2.05, 4.69) is 20.9 Å². The van der Waals surface area contributed by atoms with E-state index in [-0.39, 0.29) is 5.91 Å². The molecule has 2 aliphatic heterocycles. The number of aromatic amines is 1. The van der Waals surface area contributed by atoms with Crippen molar-refractivity contribution < 1.29 is 14.3 Å². The van der Waals surface area contributed by atoms with Crippen LogP contribution in [-0.2, 0) is 6.42 Å². The SMILES string of the molecule is COc1ccc2[nH]c3c(c2c1)CCN1C(=O)c2cc(Br)ccc2OC31. The van der Waals surface area contributed by atoms with Crippen molar-refractivity contribution in [1.29, 1.82) is 0 Å². The van der Waals surface area contributed by atoms with Gasteiger partial charge in [-0.3, -0.25) is 9.69 Å². The zero-order valence-electron chi connectivity index (χ0n) is 13.5. The molecule has 6 heteroatoms. The van der Waals surface area contributed by atoms with Gasteiger partial charge in [-0.05, 0) is 48.4 Å². The van der Waals surface area contributed by atoms with Gasteiger partial charge in [-0.25, -0.2) is 0 Å². The van der Waals surface area contributed by atoms with Gasteiger partial charge < -0.3 is 14.5 Å². The number of methoxy groups -OCH3 is 1. The first-order valence-corrected chi connectivity index (χ1v) is 8.90. The Labute approximate surface area is 152 Å². The van der Waals surface area contributed by atoms with E-state index in [0.717, 1.165) is 33.2 Å². The van der Waals surface area contributed by atoms with Crippen LogP contribution >= 0.6 is 15.9 Å². The minimum absolute atomic E-state index is 0.00874. The Bertz CT molecular complexity index is 1030. The maximum absolute atomic E-state index is 12.9. The summed E-state index contributed by atoms with van der Waals surface area (Å²) < 4.78 is 12.4. The summed E-state index contributed by atoms with van der Waals surface area (Å²) in [7, 11) is 1.67. The highest BCUT2D eigenvalue weighted by atomic mass is 79.9. The first-order valence-electron chi connectivity index (χ1n) is 8.11. The highest BCUT2D eigenvalue weighted by molar-refractivity contribution is 9.10. The molecule has 126 valence electrons. The largest absolute Gasteiger partial charge is 0.497 e. The van der Waals surface area contributed by atoms with Gasteiger partial charge in [-0.15, -0.1) is 0 Å². The highest BCUT2D eigenvalue weighted by Gasteiger charge is 2.40. The highest BCUT2D eigenvalue weighted by Crippen LogP contribution is 2.42. The van der Waals surface area contributed by atoms with E-state index in [1.54, 1.807) is 12.0 Å². The molecular weight excluding hydrogens is 384 g/mol. The zero-order chi connectivity index (χ0) is 17.1. The molecule has 0 saturated heterocycles. The van der Waals surface area contributed by atoms with Crippen molar-refractivity contribution in [2.75, 3.05) is 13.7 Å². The Hall–Kier alpha value is -2.47. The van der Waals surface area contributed by atoms with Crippen LogP contribution in [0, 0.1) is 0 Å². The molecule has 2 aromatic carbocycles. The van der Waals surface area contributed by atoms with Crippen LogP contribution in [0.5, 0.6) is 11.5 Å². The van der Waals surface area contributed by atoms with Crippen molar-refractivity contribution in [2.24, 2.45) is 0 Å². The minimum Gasteiger partial charge on any atom is -0.497 e. The predicted octanol–water partition coefficient (Wildman–Crippen LogP) is 4.03. The number of hydrogen-bond donors (Lipinski definition) is 1. The summed E-state index contributed by atoms with van der Waals surface area (Å²) in [6.45, 7) is 0.632. The Balaban J connectivity index is 1.66. The number of ether oxygens (including phenoxy) is 2. The Morgan fingerprint density at radius 3 is 3.00 bits per heavy atom. The van der Waals surface area contributed by atoms with Crippen molar-refractivity contribution in [2.45, 2.75) is 12.6 Å². The molecule has 0 fully saturated rings. The van der Waals surface area contributed by atoms with Crippen LogP contribution in [0.2, 0.25) is 0 Å². The molecule has 0 bridgehead atoms. The second kappa shape index (κ2) is 5.26. The summed E-state index contributed by atoms with van der Waals surface area (Å²) in [5.41, 5.74) is 3.79. The van der Waals surface area contributed by atoms with Crippen LogP contribution in [0.15, 0.2) is 40.9 Å². The molecule has 25 heavy (non-hydrogen) atoms. The topological polar surface area (TPSA) is 54.6 Å². The maximum atomic E-state index is 12.9. The number of nitrogens with zero attached hydrogens (tertiary/aromatic N) is 1. The molecule has 1 unspecified atom stereocenters. The van der Waals surface area contributed by atoms with Gasteiger partial charge in [-0.2, -0.15) is 0 Å². The fraction of sp³-hybridized carbons (Fsp3) is 0.211. The molecule has 1 aromatic heterocycles. The normalized spacial score (nSPS) is 18.4. The number of benzene rings is 2. The number of amides is 1. The summed E-state index contributed by atoms with van der Waals surface area (Å²) >= 11 is 3.42. The number of rotatable bonds is 1. The minimum atomic E-state index is -0.414. The van der Waals surface area contributed by atoms with Gasteiger partial charge in [0.15, 0.2) is 0 Å². The number of hydrogen-bond acceptors (Lipinski definition) is 3. The summed E-state index contributed by atoms with van der Waals surface area (Å²) in [5, 5.41) is 1.13. The third-order valence-electron chi connectivity index (χ3n) is 4.95. The summed E-state index contributed by atoms with van der Waals surface area (Å²) in [6.07, 6.45) is 0.376. The van der Waals surface area contributed by atoms with E-state index in [4.69, 9.17) is 9.47 Å². The number of carbonyl (C=O) groups excluding carboxylic acids is 1. The maximum Gasteiger partial charge on any atom is 0.260 e. The fourth-order valence-corrected chi connectivity index (χ4v) is 4.10. The smallest absolute Gasteiger partial charge is 0.260 e. The number of fused-ring (bicyclic) bond motifs is 6. The molecule has 3 heterocycles. The lowest BCUT2D eigenvalue weighted by atomic mass is 9.99. The van der Waals surface area contributed by atoms with E-state index < -0.39 is 6.23 Å². The Morgan fingerprint density at radius 1 is 1.28 bits per heavy atom. The third-order valence-corrected chi connectivity index (χ3v) is 5.44. The van der Waals surface area contributed by atoms with Gasteiger partial charge in [0, 0.05) is 21.9 Å². The molecule has 2 aliphatic rings. The van der Waals surface area contributed by atoms with E-state index in [0.29, 0.717) is 17.9 Å². The molecule has 0 aliphatic carbocycles. The van der Waals surface area contributed by atoms with Gasteiger partial charge >= 0.3 is 0 Å². The fourth-order valence-electron chi connectivity index (χ4n) is 3.74. The molecule has 5 rings (SSSR count). The summed E-state index contributed by atoms with van der Waals surface area (Å²) in [4.78, 5) is 18.2. The molecule has 0 saturated carbocycles. The van der Waals surface area contributed by atoms with Crippen LogP contribution in [0.25, 0.3) is 10.9 Å². The van der Waals surface area contributed by atoms with Crippen LogP contribution in [0.4, 0.5) is 0 Å². The molecular formula is C19H15BrN2O3. The van der Waals surface area contributed by atoms with Gasteiger partial charge in [0.05, 0.1) is 18.4 Å². The third kappa shape index (κ3) is 2.10. The number of aromatic nitrogens is 1. The standard InChI is InChI=1S/C19H15BrN2O3/c1-24-11-3-4-15-13(9-11)12-6-7-22-18(23)14-8-10(20)2-5-16(14)25-19(22)17(12)21-15/h2-5,8-9,19,21H,6-7H2,1H3. The lowest BCUT2D eigenvalue weighted by Crippen LogP contribution is -2.45. The summed E-state index contributed by atoms with van der Waals surface area (Å²) in [5.74, 6) is 1.46. The molecule has 3 aromatic rings. The van der Waals surface area contributed by atoms with E-state index in [1.165, 1.54) is 5.56 Å². The molecule has 1 N–H and O–H groups in total. The lowest BCUT2D eigenvalue weighted by Gasteiger charge is -2.39. The van der Waals surface area contributed by atoms with Gasteiger partial charge in [0.25, 0.3) is 5.91 Å². The molecule has 1 atom stereocenters. The van der Waals surface area contributed by atoms with E-state index in [1.807, 2.05) is 36.4 Å². The molecule has 1 amide bonds. The molecule has 5 nitrogen and oxygen atoms in total. The van der Waals surface area contributed by atoms with Crippen molar-refractivity contribution in [1.82, 2.24) is 9.88 Å². The molecule has 0 spiro atoms. The van der Waals surface area contributed by atoms with E-state index >= 15 is 0 Å². The average molecular weight is 399 g/mol. The number of nitrogens with one attached hydrogen (secondary N) is 1. The van der Waals surface area contributed by atoms with Crippen molar-refractivity contribution in [3.63, 3.8) is 0 Å². The number of H-pyrrole nitrogens is 1. The Kier molecular flexibility index (Phi) is 3.12. The van der Waals surface area contributed by atoms with E-state index in [9.17, 15) is 4.79 Å². The van der Waals surface area contributed by atoms with Gasteiger partial charge in [0.1, 0.15) is 11.5 Å². The van der Waals surface area contributed by atoms with Crippen molar-refractivity contribution >= 4 is 32.7 Å². The first kappa shape index (κ1) is 14.8. The first-order chi connectivity index (χ1) is 12.2. The van der Waals surface area contributed by atoms with Crippen LogP contribution in [0.1, 0.15) is 27.8 Å². The number of carbonyl (C=O) groups is 1. The van der Waals surface area contributed by atoms with Crippen LogP contribution < -0.4 is 9.47 Å². The van der Waals surface area contributed by atoms with Crippen molar-refractivity contribution in [3.05, 3.63) is 57.7 Å².